The van der Waals surface area contributed by atoms with Crippen LogP contribution in [0.4, 0.5) is 0 Å². The molecule has 110 valence electrons. The van der Waals surface area contributed by atoms with Crippen molar-refractivity contribution in [2.24, 2.45) is 0 Å². The van der Waals surface area contributed by atoms with Gasteiger partial charge in [0.25, 0.3) is 0 Å². The van der Waals surface area contributed by atoms with Crippen LogP contribution >= 0.6 is 22.6 Å². The molecule has 1 heterocycles. The molecule has 1 aliphatic rings. The fourth-order valence-corrected chi connectivity index (χ4v) is 3.34. The maximum atomic E-state index is 9.73. The van der Waals surface area contributed by atoms with E-state index in [9.17, 15) is 15.3 Å². The van der Waals surface area contributed by atoms with Gasteiger partial charge in [-0.2, -0.15) is 0 Å². The van der Waals surface area contributed by atoms with E-state index < -0.39 is 0 Å². The van der Waals surface area contributed by atoms with Gasteiger partial charge in [-0.25, -0.2) is 0 Å². The molecule has 0 radical (unpaired) electrons. The molecule has 0 fully saturated rings. The van der Waals surface area contributed by atoms with Crippen molar-refractivity contribution in [3.05, 3.63) is 50.6 Å². The molecule has 3 rings (SSSR count). The number of phenols is 3. The van der Waals surface area contributed by atoms with Crippen LogP contribution in [0.15, 0.2) is 30.3 Å². The second kappa shape index (κ2) is 5.73. The Balaban J connectivity index is 1.91. The first kappa shape index (κ1) is 14.5. The highest BCUT2D eigenvalue weighted by atomic mass is 127. The van der Waals surface area contributed by atoms with E-state index in [0.29, 0.717) is 5.75 Å². The summed E-state index contributed by atoms with van der Waals surface area (Å²) < 4.78 is 0.828. The van der Waals surface area contributed by atoms with Gasteiger partial charge in [-0.05, 0) is 82.9 Å². The van der Waals surface area contributed by atoms with Crippen molar-refractivity contribution in [1.29, 1.82) is 0 Å². The largest absolute Gasteiger partial charge is 0.507 e. The second-order valence-electron chi connectivity index (χ2n) is 5.29. The Bertz CT molecular complexity index is 687. The number of halogens is 1. The van der Waals surface area contributed by atoms with E-state index in [-0.39, 0.29) is 17.5 Å². The number of hydrogen-bond donors (Lipinski definition) is 4. The van der Waals surface area contributed by atoms with Crippen molar-refractivity contribution in [1.82, 2.24) is 5.32 Å². The van der Waals surface area contributed by atoms with Gasteiger partial charge in [0.2, 0.25) is 0 Å². The average Bonchev–Trinajstić information content (AvgIpc) is 2.45. The molecule has 5 heteroatoms. The summed E-state index contributed by atoms with van der Waals surface area (Å²) >= 11 is 2.11. The molecule has 0 saturated carbocycles. The van der Waals surface area contributed by atoms with Gasteiger partial charge in [0.1, 0.15) is 5.75 Å². The Labute approximate surface area is 136 Å². The molecule has 0 amide bonds. The fraction of sp³-hybridized carbons (Fsp3) is 0.250. The molecule has 0 saturated heterocycles. The third-order valence-electron chi connectivity index (χ3n) is 3.85. The molecular formula is C16H16INO3. The number of phenolic OH excluding ortho intramolecular Hbond substituents is 3. The van der Waals surface area contributed by atoms with Crippen molar-refractivity contribution >= 4 is 22.6 Å². The van der Waals surface area contributed by atoms with Crippen molar-refractivity contribution in [2.75, 3.05) is 6.54 Å². The summed E-state index contributed by atoms with van der Waals surface area (Å²) in [5.74, 6) is 0.148. The van der Waals surface area contributed by atoms with E-state index in [4.69, 9.17) is 0 Å². The molecular weight excluding hydrogens is 381 g/mol. The minimum atomic E-state index is -0.0808. The number of hydrogen-bond acceptors (Lipinski definition) is 4. The summed E-state index contributed by atoms with van der Waals surface area (Å²) in [5, 5.41) is 32.4. The quantitative estimate of drug-likeness (QED) is 0.465. The molecule has 4 nitrogen and oxygen atoms in total. The predicted octanol–water partition coefficient (Wildman–Crippen LogP) is 2.84. The summed E-state index contributed by atoms with van der Waals surface area (Å²) in [6, 6.07) is 8.97. The van der Waals surface area contributed by atoms with Crippen LogP contribution in [0.5, 0.6) is 17.2 Å². The smallest absolute Gasteiger partial charge is 0.157 e. The molecule has 4 N–H and O–H groups in total. The molecule has 1 aliphatic heterocycles. The van der Waals surface area contributed by atoms with Crippen LogP contribution in [0.2, 0.25) is 0 Å². The zero-order valence-electron chi connectivity index (χ0n) is 11.3. The summed E-state index contributed by atoms with van der Waals surface area (Å²) in [5.41, 5.74) is 3.22. The van der Waals surface area contributed by atoms with Crippen LogP contribution in [0.3, 0.4) is 0 Å². The van der Waals surface area contributed by atoms with Crippen molar-refractivity contribution in [2.45, 2.75) is 18.9 Å². The lowest BCUT2D eigenvalue weighted by Gasteiger charge is -2.27. The summed E-state index contributed by atoms with van der Waals surface area (Å²) in [4.78, 5) is 0. The van der Waals surface area contributed by atoms with Crippen LogP contribution in [0.1, 0.15) is 22.7 Å². The van der Waals surface area contributed by atoms with E-state index in [1.165, 1.54) is 0 Å². The number of benzene rings is 2. The van der Waals surface area contributed by atoms with Gasteiger partial charge in [0.15, 0.2) is 11.5 Å². The van der Waals surface area contributed by atoms with E-state index in [1.54, 1.807) is 18.2 Å². The van der Waals surface area contributed by atoms with Crippen LogP contribution < -0.4 is 5.32 Å². The molecule has 2 aromatic rings. The Morgan fingerprint density at radius 2 is 1.81 bits per heavy atom. The minimum Gasteiger partial charge on any atom is -0.507 e. The third-order valence-corrected chi connectivity index (χ3v) is 4.71. The molecule has 21 heavy (non-hydrogen) atoms. The van der Waals surface area contributed by atoms with Gasteiger partial charge >= 0.3 is 0 Å². The predicted molar refractivity (Wildman–Crippen MR) is 88.7 cm³/mol. The normalized spacial score (nSPS) is 17.5. The summed E-state index contributed by atoms with van der Waals surface area (Å²) in [6.07, 6.45) is 1.61. The molecule has 0 spiro atoms. The van der Waals surface area contributed by atoms with E-state index in [1.807, 2.05) is 12.1 Å². The van der Waals surface area contributed by atoms with Crippen LogP contribution in [0, 0.1) is 3.57 Å². The number of rotatable bonds is 2. The van der Waals surface area contributed by atoms with Crippen LogP contribution in [-0.2, 0) is 12.8 Å². The number of aromatic hydroxyl groups is 3. The first-order valence-electron chi connectivity index (χ1n) is 6.80. The third kappa shape index (κ3) is 2.94. The first-order chi connectivity index (χ1) is 10.0. The van der Waals surface area contributed by atoms with Crippen LogP contribution in [0.25, 0.3) is 0 Å². The van der Waals surface area contributed by atoms with Crippen LogP contribution in [-0.4, -0.2) is 21.9 Å². The molecule has 0 bridgehead atoms. The maximum absolute atomic E-state index is 9.73. The van der Waals surface area contributed by atoms with Gasteiger partial charge in [-0.15, -0.1) is 0 Å². The van der Waals surface area contributed by atoms with E-state index in [2.05, 4.69) is 27.9 Å². The van der Waals surface area contributed by atoms with Gasteiger partial charge in [0, 0.05) is 6.04 Å². The summed E-state index contributed by atoms with van der Waals surface area (Å²) in [6.45, 7) is 0.844. The zero-order chi connectivity index (χ0) is 15.0. The molecule has 2 aromatic carbocycles. The summed E-state index contributed by atoms with van der Waals surface area (Å²) in [7, 11) is 0. The maximum Gasteiger partial charge on any atom is 0.157 e. The first-order valence-corrected chi connectivity index (χ1v) is 7.88. The minimum absolute atomic E-state index is 0.0615. The lowest BCUT2D eigenvalue weighted by atomic mass is 9.90. The van der Waals surface area contributed by atoms with Gasteiger partial charge < -0.3 is 20.6 Å². The number of fused-ring (bicyclic) bond motifs is 1. The molecule has 1 unspecified atom stereocenters. The number of nitrogens with one attached hydrogen (secondary N) is 1. The van der Waals surface area contributed by atoms with Gasteiger partial charge in [-0.3, -0.25) is 0 Å². The Hall–Kier alpha value is -1.47. The van der Waals surface area contributed by atoms with Crippen molar-refractivity contribution in [3.8, 4) is 17.2 Å². The SMILES string of the molecule is Oc1cc2c(cc1O)C(Cc1ccc(O)c(I)c1)NCC2. The Morgan fingerprint density at radius 1 is 1.05 bits per heavy atom. The van der Waals surface area contributed by atoms with E-state index in [0.717, 1.165) is 39.6 Å². The topological polar surface area (TPSA) is 72.7 Å². The molecule has 0 aromatic heterocycles. The monoisotopic (exact) mass is 397 g/mol. The lowest BCUT2D eigenvalue weighted by molar-refractivity contribution is 0.398. The van der Waals surface area contributed by atoms with E-state index >= 15 is 0 Å². The molecule has 1 atom stereocenters. The second-order valence-corrected chi connectivity index (χ2v) is 6.45. The Morgan fingerprint density at radius 3 is 2.57 bits per heavy atom. The fourth-order valence-electron chi connectivity index (χ4n) is 2.76. The van der Waals surface area contributed by atoms with Crippen molar-refractivity contribution < 1.29 is 15.3 Å². The molecule has 0 aliphatic carbocycles. The van der Waals surface area contributed by atoms with Gasteiger partial charge in [0.05, 0.1) is 3.57 Å². The average molecular weight is 397 g/mol. The Kier molecular flexibility index (Phi) is 3.95. The highest BCUT2D eigenvalue weighted by Gasteiger charge is 2.22. The van der Waals surface area contributed by atoms with Crippen molar-refractivity contribution in [3.63, 3.8) is 0 Å². The zero-order valence-corrected chi connectivity index (χ0v) is 13.5. The highest BCUT2D eigenvalue weighted by Crippen LogP contribution is 2.35. The standard InChI is InChI=1S/C16H16INO3/c17-12-5-9(1-2-14(12)19)6-13-11-8-16(21)15(20)7-10(11)3-4-18-13/h1-2,5,7-8,13,18-21H,3-4,6H2. The lowest BCUT2D eigenvalue weighted by Crippen LogP contribution is -2.31. The highest BCUT2D eigenvalue weighted by molar-refractivity contribution is 14.1. The van der Waals surface area contributed by atoms with Gasteiger partial charge in [-0.1, -0.05) is 6.07 Å².